The standard InChI is InChI=1S/C33H40Cl2N6O3/c1-39-11-7-33(21-39)6-3-8-41(22-33)32-36-18-28(19-37-32)44-30-13-24(12-29(38-30)25-15-26(34)17-27(35)16-25)20-40-9-4-23(5-10-40)14-31(42)43-2/h12-13,15-19,23H,3-11,14,20-22H2,1-2H3/t33-/m1/s1. The van der Waals surface area contributed by atoms with Crippen molar-refractivity contribution in [2.45, 2.75) is 45.1 Å². The van der Waals surface area contributed by atoms with E-state index in [1.807, 2.05) is 18.2 Å². The van der Waals surface area contributed by atoms with E-state index >= 15 is 0 Å². The van der Waals surface area contributed by atoms with E-state index in [0.717, 1.165) is 87.8 Å². The second-order valence-corrected chi connectivity index (χ2v) is 13.6. The Bertz CT molecular complexity index is 1440. The first kappa shape index (κ1) is 31.0. The number of esters is 1. The van der Waals surface area contributed by atoms with Crippen molar-refractivity contribution in [2.24, 2.45) is 11.3 Å². The van der Waals surface area contributed by atoms with Gasteiger partial charge in [-0.25, -0.2) is 15.0 Å². The number of methoxy groups -OCH3 is 1. The molecule has 3 saturated heterocycles. The number of hydrogen-bond acceptors (Lipinski definition) is 9. The highest BCUT2D eigenvalue weighted by molar-refractivity contribution is 6.35. The second-order valence-electron chi connectivity index (χ2n) is 12.7. The fourth-order valence-electron chi connectivity index (χ4n) is 6.99. The first-order valence-corrected chi connectivity index (χ1v) is 16.2. The maximum atomic E-state index is 11.7. The highest BCUT2D eigenvalue weighted by Gasteiger charge is 2.40. The monoisotopic (exact) mass is 638 g/mol. The third-order valence-corrected chi connectivity index (χ3v) is 9.66. The number of rotatable bonds is 8. The van der Waals surface area contributed by atoms with Crippen molar-refractivity contribution in [3.63, 3.8) is 0 Å². The van der Waals surface area contributed by atoms with E-state index < -0.39 is 0 Å². The predicted octanol–water partition coefficient (Wildman–Crippen LogP) is 6.33. The minimum atomic E-state index is -0.136. The van der Waals surface area contributed by atoms with Crippen molar-refractivity contribution in [2.75, 3.05) is 58.3 Å². The first-order chi connectivity index (χ1) is 21.3. The summed E-state index contributed by atoms with van der Waals surface area (Å²) in [5.41, 5.74) is 2.94. The van der Waals surface area contributed by atoms with Crippen LogP contribution in [-0.4, -0.2) is 84.1 Å². The molecule has 2 aromatic heterocycles. The number of carbonyl (C=O) groups is 1. The molecule has 0 N–H and O–H groups in total. The molecule has 0 bridgehead atoms. The lowest BCUT2D eigenvalue weighted by molar-refractivity contribution is -0.142. The van der Waals surface area contributed by atoms with Gasteiger partial charge in [0.25, 0.3) is 0 Å². The van der Waals surface area contributed by atoms with Gasteiger partial charge in [-0.2, -0.15) is 0 Å². The Balaban J connectivity index is 1.18. The molecule has 0 saturated carbocycles. The van der Waals surface area contributed by atoms with E-state index in [-0.39, 0.29) is 5.97 Å². The summed E-state index contributed by atoms with van der Waals surface area (Å²) in [7, 11) is 3.66. The van der Waals surface area contributed by atoms with Crippen molar-refractivity contribution in [1.29, 1.82) is 0 Å². The number of pyridine rings is 1. The number of likely N-dealkylation sites (tertiary alicyclic amines) is 2. The number of carbonyl (C=O) groups excluding carboxylic acids is 1. The van der Waals surface area contributed by atoms with Crippen LogP contribution in [0.2, 0.25) is 10.0 Å². The summed E-state index contributed by atoms with van der Waals surface area (Å²) in [6, 6.07) is 9.44. The number of halogens is 2. The zero-order valence-electron chi connectivity index (χ0n) is 25.5. The van der Waals surface area contributed by atoms with Gasteiger partial charge in [0, 0.05) is 59.7 Å². The fraction of sp³-hybridized carbons (Fsp3) is 0.515. The van der Waals surface area contributed by atoms with E-state index in [4.69, 9.17) is 47.6 Å². The van der Waals surface area contributed by atoms with Crippen molar-refractivity contribution in [3.8, 4) is 22.9 Å². The van der Waals surface area contributed by atoms with E-state index in [9.17, 15) is 4.79 Å². The van der Waals surface area contributed by atoms with Gasteiger partial charge in [0.05, 0.1) is 25.2 Å². The van der Waals surface area contributed by atoms with Crippen LogP contribution in [0, 0.1) is 11.3 Å². The number of benzene rings is 1. The van der Waals surface area contributed by atoms with Crippen LogP contribution in [0.1, 0.15) is 44.1 Å². The molecule has 3 aromatic rings. The highest BCUT2D eigenvalue weighted by Crippen LogP contribution is 2.39. The third kappa shape index (κ3) is 7.62. The lowest BCUT2D eigenvalue weighted by Gasteiger charge is -2.40. The Kier molecular flexibility index (Phi) is 9.56. The average molecular weight is 640 g/mol. The number of aromatic nitrogens is 3. The normalized spacial score (nSPS) is 21.6. The van der Waals surface area contributed by atoms with Gasteiger partial charge in [0.1, 0.15) is 0 Å². The van der Waals surface area contributed by atoms with Gasteiger partial charge in [0.2, 0.25) is 11.8 Å². The third-order valence-electron chi connectivity index (χ3n) is 9.23. The average Bonchev–Trinajstić information content (AvgIpc) is 3.36. The molecule has 1 spiro atoms. The zero-order chi connectivity index (χ0) is 30.7. The van der Waals surface area contributed by atoms with Crippen molar-refractivity contribution in [1.82, 2.24) is 24.8 Å². The van der Waals surface area contributed by atoms with Gasteiger partial charge in [-0.15, -0.1) is 0 Å². The molecule has 0 aliphatic carbocycles. The molecule has 9 nitrogen and oxygen atoms in total. The summed E-state index contributed by atoms with van der Waals surface area (Å²) in [5, 5.41) is 1.09. The van der Waals surface area contributed by atoms with E-state index in [1.54, 1.807) is 18.5 Å². The van der Waals surface area contributed by atoms with Crippen LogP contribution in [0.15, 0.2) is 42.7 Å². The fourth-order valence-corrected chi connectivity index (χ4v) is 7.52. The molecular formula is C33H40Cl2N6O3. The minimum absolute atomic E-state index is 0.136. The zero-order valence-corrected chi connectivity index (χ0v) is 27.0. The van der Waals surface area contributed by atoms with Gasteiger partial charge in [0.15, 0.2) is 5.75 Å². The van der Waals surface area contributed by atoms with E-state index in [0.29, 0.717) is 39.4 Å². The van der Waals surface area contributed by atoms with Crippen LogP contribution < -0.4 is 9.64 Å². The summed E-state index contributed by atoms with van der Waals surface area (Å²) >= 11 is 12.7. The molecule has 1 atom stereocenters. The summed E-state index contributed by atoms with van der Waals surface area (Å²) in [5.74, 6) is 1.96. The lowest BCUT2D eigenvalue weighted by Crippen LogP contribution is -2.45. The molecule has 234 valence electrons. The van der Waals surface area contributed by atoms with Crippen LogP contribution >= 0.6 is 23.2 Å². The molecule has 3 aliphatic rings. The number of ether oxygens (including phenoxy) is 2. The summed E-state index contributed by atoms with van der Waals surface area (Å²) < 4.78 is 11.1. The number of nitrogens with zero attached hydrogens (tertiary/aromatic N) is 6. The molecule has 5 heterocycles. The Labute approximate surface area is 269 Å². The van der Waals surface area contributed by atoms with Gasteiger partial charge in [-0.3, -0.25) is 9.69 Å². The van der Waals surface area contributed by atoms with Gasteiger partial charge >= 0.3 is 5.97 Å². The number of hydrogen-bond donors (Lipinski definition) is 0. The summed E-state index contributed by atoms with van der Waals surface area (Å²) in [6.07, 6.45) is 9.52. The predicted molar refractivity (Wildman–Crippen MR) is 172 cm³/mol. The number of piperidine rings is 2. The summed E-state index contributed by atoms with van der Waals surface area (Å²) in [6.45, 7) is 6.80. The molecule has 0 amide bonds. The Morgan fingerprint density at radius 2 is 1.73 bits per heavy atom. The molecule has 0 radical (unpaired) electrons. The van der Waals surface area contributed by atoms with E-state index in [2.05, 4.69) is 27.8 Å². The highest BCUT2D eigenvalue weighted by atomic mass is 35.5. The SMILES string of the molecule is COC(=O)CC1CCN(Cc2cc(Oc3cnc(N4CCC[C@]5(CCN(C)C5)C4)nc3)nc(-c3cc(Cl)cc(Cl)c3)c2)CC1. The Morgan fingerprint density at radius 3 is 2.41 bits per heavy atom. The van der Waals surface area contributed by atoms with Crippen LogP contribution in [0.3, 0.4) is 0 Å². The maximum Gasteiger partial charge on any atom is 0.305 e. The van der Waals surface area contributed by atoms with Crippen molar-refractivity contribution < 1.29 is 14.3 Å². The molecule has 3 aliphatic heterocycles. The van der Waals surface area contributed by atoms with Gasteiger partial charge in [-0.05, 0) is 94.5 Å². The minimum Gasteiger partial charge on any atom is -0.469 e. The van der Waals surface area contributed by atoms with Crippen LogP contribution in [0.4, 0.5) is 5.95 Å². The molecule has 0 unspecified atom stereocenters. The molecule has 6 rings (SSSR count). The first-order valence-electron chi connectivity index (χ1n) is 15.5. The Morgan fingerprint density at radius 1 is 0.977 bits per heavy atom. The Hall–Kier alpha value is -2.98. The van der Waals surface area contributed by atoms with Gasteiger partial charge in [-0.1, -0.05) is 23.2 Å². The van der Waals surface area contributed by atoms with Crippen molar-refractivity contribution in [3.05, 3.63) is 58.3 Å². The quantitative estimate of drug-likeness (QED) is 0.263. The summed E-state index contributed by atoms with van der Waals surface area (Å²) in [4.78, 5) is 33.1. The van der Waals surface area contributed by atoms with Crippen molar-refractivity contribution >= 4 is 35.1 Å². The molecule has 44 heavy (non-hydrogen) atoms. The molecule has 11 heteroatoms. The van der Waals surface area contributed by atoms with Crippen LogP contribution in [0.25, 0.3) is 11.3 Å². The van der Waals surface area contributed by atoms with Crippen LogP contribution in [-0.2, 0) is 16.1 Å². The van der Waals surface area contributed by atoms with Crippen LogP contribution in [0.5, 0.6) is 11.6 Å². The van der Waals surface area contributed by atoms with Gasteiger partial charge < -0.3 is 19.3 Å². The second kappa shape index (κ2) is 13.6. The number of anilines is 1. The molecule has 1 aromatic carbocycles. The smallest absolute Gasteiger partial charge is 0.305 e. The largest absolute Gasteiger partial charge is 0.469 e. The lowest BCUT2D eigenvalue weighted by atomic mass is 9.79. The maximum absolute atomic E-state index is 11.7. The van der Waals surface area contributed by atoms with E-state index in [1.165, 1.54) is 20.0 Å². The molecule has 3 fully saturated rings. The topological polar surface area (TPSA) is 83.9 Å². The molecular weight excluding hydrogens is 599 g/mol.